The van der Waals surface area contributed by atoms with Gasteiger partial charge in [-0.1, -0.05) is 29.4 Å². The molecule has 0 aliphatic carbocycles. The van der Waals surface area contributed by atoms with E-state index in [4.69, 9.17) is 11.6 Å². The second-order valence-corrected chi connectivity index (χ2v) is 8.21. The van der Waals surface area contributed by atoms with Gasteiger partial charge in [0, 0.05) is 41.6 Å². The number of imidazole rings is 1. The van der Waals surface area contributed by atoms with Crippen molar-refractivity contribution in [2.24, 2.45) is 0 Å². The number of hydrogen-bond acceptors (Lipinski definition) is 4. The van der Waals surface area contributed by atoms with Gasteiger partial charge in [-0.25, -0.2) is 9.37 Å². The molecule has 4 rings (SSSR count). The predicted octanol–water partition coefficient (Wildman–Crippen LogP) is 5.99. The number of thioether (sulfide) groups is 1. The lowest BCUT2D eigenvalue weighted by Gasteiger charge is -2.21. The van der Waals surface area contributed by atoms with E-state index in [0.717, 1.165) is 33.5 Å². The largest absolute Gasteiger partial charge is 0.369 e. The Morgan fingerprint density at radius 2 is 1.80 bits per heavy atom. The Morgan fingerprint density at radius 3 is 2.50 bits per heavy atom. The van der Waals surface area contributed by atoms with Crippen molar-refractivity contribution in [1.82, 2.24) is 14.5 Å². The molecule has 2 aromatic carbocycles. The lowest BCUT2D eigenvalue weighted by molar-refractivity contribution is 0.627. The van der Waals surface area contributed by atoms with Crippen LogP contribution in [0, 0.1) is 5.82 Å². The molecular weight excluding hydrogens is 419 g/mol. The number of benzene rings is 2. The van der Waals surface area contributed by atoms with Crippen molar-refractivity contribution in [3.05, 3.63) is 101 Å². The molecule has 0 amide bonds. The molecule has 4 aromatic rings. The van der Waals surface area contributed by atoms with E-state index < -0.39 is 0 Å². The van der Waals surface area contributed by atoms with Gasteiger partial charge in [-0.05, 0) is 60.2 Å². The monoisotopic (exact) mass is 438 g/mol. The normalized spacial score (nSPS) is 10.9. The standard InChI is InChI=1S/C23H20ClFN4S/c1-28(20-10-6-19(25)7-11-20)15-22-14-27-23(30-16-17-3-2-12-26-13-17)29(22)21-8-4-18(24)5-9-21/h2-14H,15-16H2,1H3. The smallest absolute Gasteiger partial charge is 0.173 e. The molecule has 0 aliphatic rings. The first-order valence-corrected chi connectivity index (χ1v) is 10.8. The number of hydrogen-bond donors (Lipinski definition) is 0. The average molecular weight is 439 g/mol. The van der Waals surface area contributed by atoms with Gasteiger partial charge in [-0.15, -0.1) is 0 Å². The number of rotatable bonds is 7. The van der Waals surface area contributed by atoms with E-state index in [1.807, 2.05) is 49.8 Å². The van der Waals surface area contributed by atoms with Gasteiger partial charge in [0.25, 0.3) is 0 Å². The van der Waals surface area contributed by atoms with Crippen LogP contribution in [0.1, 0.15) is 11.3 Å². The minimum atomic E-state index is -0.243. The van der Waals surface area contributed by atoms with Gasteiger partial charge in [0.15, 0.2) is 5.16 Å². The molecule has 0 aliphatic heterocycles. The first-order valence-electron chi connectivity index (χ1n) is 9.41. The number of halogens is 2. The molecule has 0 saturated heterocycles. The number of pyridine rings is 1. The lowest BCUT2D eigenvalue weighted by atomic mass is 10.2. The van der Waals surface area contributed by atoms with E-state index in [1.54, 1.807) is 30.1 Å². The molecule has 152 valence electrons. The van der Waals surface area contributed by atoms with Crippen LogP contribution in [-0.4, -0.2) is 21.6 Å². The summed E-state index contributed by atoms with van der Waals surface area (Å²) >= 11 is 7.75. The number of aromatic nitrogens is 3. The first kappa shape index (κ1) is 20.4. The molecule has 7 heteroatoms. The zero-order chi connectivity index (χ0) is 20.9. The highest BCUT2D eigenvalue weighted by Gasteiger charge is 2.15. The Morgan fingerprint density at radius 1 is 1.03 bits per heavy atom. The SMILES string of the molecule is CN(Cc1cnc(SCc2cccnc2)n1-c1ccc(Cl)cc1)c1ccc(F)cc1. The summed E-state index contributed by atoms with van der Waals surface area (Å²) in [6.07, 6.45) is 5.53. The molecule has 4 nitrogen and oxygen atoms in total. The third kappa shape index (κ3) is 4.83. The predicted molar refractivity (Wildman–Crippen MR) is 121 cm³/mol. The van der Waals surface area contributed by atoms with Crippen molar-refractivity contribution >= 4 is 29.1 Å². The molecule has 2 heterocycles. The van der Waals surface area contributed by atoms with Crippen molar-refractivity contribution in [3.63, 3.8) is 0 Å². The quantitative estimate of drug-likeness (QED) is 0.332. The van der Waals surface area contributed by atoms with E-state index in [2.05, 4.69) is 25.5 Å². The van der Waals surface area contributed by atoms with Crippen LogP contribution in [0.15, 0.2) is 84.4 Å². The third-order valence-corrected chi connectivity index (χ3v) is 5.92. The summed E-state index contributed by atoms with van der Waals surface area (Å²) in [5.41, 5.74) is 4.09. The minimum Gasteiger partial charge on any atom is -0.369 e. The molecule has 0 fully saturated rings. The lowest BCUT2D eigenvalue weighted by Crippen LogP contribution is -2.18. The van der Waals surface area contributed by atoms with Crippen LogP contribution < -0.4 is 4.90 Å². The van der Waals surface area contributed by atoms with Gasteiger partial charge in [0.2, 0.25) is 0 Å². The minimum absolute atomic E-state index is 0.243. The Kier molecular flexibility index (Phi) is 6.35. The highest BCUT2D eigenvalue weighted by atomic mass is 35.5. The van der Waals surface area contributed by atoms with Gasteiger partial charge >= 0.3 is 0 Å². The first-order chi connectivity index (χ1) is 14.6. The van der Waals surface area contributed by atoms with Crippen LogP contribution in [0.5, 0.6) is 0 Å². The van der Waals surface area contributed by atoms with Gasteiger partial charge in [0.05, 0.1) is 18.4 Å². The maximum atomic E-state index is 13.3. The zero-order valence-electron chi connectivity index (χ0n) is 16.4. The maximum Gasteiger partial charge on any atom is 0.173 e. The van der Waals surface area contributed by atoms with Gasteiger partial charge < -0.3 is 4.90 Å². The van der Waals surface area contributed by atoms with E-state index in [0.29, 0.717) is 11.6 Å². The molecule has 0 radical (unpaired) electrons. The number of anilines is 1. The Hall–Kier alpha value is -2.83. The highest BCUT2D eigenvalue weighted by Crippen LogP contribution is 2.28. The van der Waals surface area contributed by atoms with Crippen molar-refractivity contribution in [3.8, 4) is 5.69 Å². The maximum absolute atomic E-state index is 13.3. The Labute approximate surface area is 184 Å². The second kappa shape index (κ2) is 9.32. The molecule has 0 unspecified atom stereocenters. The molecule has 0 N–H and O–H groups in total. The molecular formula is C23H20ClFN4S. The Balaban J connectivity index is 1.63. The van der Waals surface area contributed by atoms with E-state index in [9.17, 15) is 4.39 Å². The van der Waals surface area contributed by atoms with E-state index in [1.165, 1.54) is 12.1 Å². The molecule has 0 atom stereocenters. The zero-order valence-corrected chi connectivity index (χ0v) is 17.9. The summed E-state index contributed by atoms with van der Waals surface area (Å²) < 4.78 is 15.4. The van der Waals surface area contributed by atoms with Crippen molar-refractivity contribution in [1.29, 1.82) is 0 Å². The molecule has 2 aromatic heterocycles. The van der Waals surface area contributed by atoms with E-state index >= 15 is 0 Å². The summed E-state index contributed by atoms with van der Waals surface area (Å²) in [5.74, 6) is 0.526. The van der Waals surface area contributed by atoms with Gasteiger partial charge in [0.1, 0.15) is 5.82 Å². The summed E-state index contributed by atoms with van der Waals surface area (Å²) in [6, 6.07) is 18.2. The fourth-order valence-electron chi connectivity index (χ4n) is 3.11. The van der Waals surface area contributed by atoms with Gasteiger partial charge in [-0.2, -0.15) is 0 Å². The average Bonchev–Trinajstić information content (AvgIpc) is 3.16. The van der Waals surface area contributed by atoms with E-state index in [-0.39, 0.29) is 5.82 Å². The molecule has 0 bridgehead atoms. The molecule has 0 spiro atoms. The van der Waals surface area contributed by atoms with Crippen molar-refractivity contribution < 1.29 is 4.39 Å². The van der Waals surface area contributed by atoms with Crippen LogP contribution in [0.25, 0.3) is 5.69 Å². The molecule has 30 heavy (non-hydrogen) atoms. The molecule has 0 saturated carbocycles. The third-order valence-electron chi connectivity index (χ3n) is 4.64. The summed E-state index contributed by atoms with van der Waals surface area (Å²) in [5, 5.41) is 1.58. The van der Waals surface area contributed by atoms with Crippen LogP contribution in [0.4, 0.5) is 10.1 Å². The van der Waals surface area contributed by atoms with Crippen molar-refractivity contribution in [2.45, 2.75) is 17.5 Å². The van der Waals surface area contributed by atoms with Crippen molar-refractivity contribution in [2.75, 3.05) is 11.9 Å². The van der Waals surface area contributed by atoms with Crippen LogP contribution in [-0.2, 0) is 12.3 Å². The van der Waals surface area contributed by atoms with Gasteiger partial charge in [-0.3, -0.25) is 9.55 Å². The summed E-state index contributed by atoms with van der Waals surface area (Å²) in [4.78, 5) is 10.9. The van der Waals surface area contributed by atoms with Crippen LogP contribution in [0.2, 0.25) is 5.02 Å². The van der Waals surface area contributed by atoms with Crippen LogP contribution >= 0.6 is 23.4 Å². The topological polar surface area (TPSA) is 34.0 Å². The fourth-order valence-corrected chi connectivity index (χ4v) is 4.18. The van der Waals surface area contributed by atoms with Crippen LogP contribution in [0.3, 0.4) is 0 Å². The highest BCUT2D eigenvalue weighted by molar-refractivity contribution is 7.98. The number of nitrogens with zero attached hydrogens (tertiary/aromatic N) is 4. The Bertz CT molecular complexity index is 1100. The summed E-state index contributed by atoms with van der Waals surface area (Å²) in [6.45, 7) is 0.620. The fraction of sp³-hybridized carbons (Fsp3) is 0.130. The second-order valence-electron chi connectivity index (χ2n) is 6.83. The summed E-state index contributed by atoms with van der Waals surface area (Å²) in [7, 11) is 1.98.